The first-order chi connectivity index (χ1) is 13.7. The minimum absolute atomic E-state index is 0.0987. The molecule has 0 unspecified atom stereocenters. The Morgan fingerprint density at radius 2 is 2.07 bits per heavy atom. The van der Waals surface area contributed by atoms with E-state index in [9.17, 15) is 4.79 Å². The molecular weight excluding hydrogens is 374 g/mol. The van der Waals surface area contributed by atoms with Crippen molar-refractivity contribution in [1.29, 1.82) is 0 Å². The van der Waals surface area contributed by atoms with Crippen LogP contribution in [-0.2, 0) is 17.9 Å². The fourth-order valence-corrected chi connectivity index (χ4v) is 3.84. The van der Waals surface area contributed by atoms with Gasteiger partial charge in [-0.3, -0.25) is 9.69 Å². The molecule has 8 heteroatoms. The van der Waals surface area contributed by atoms with Crippen LogP contribution in [0.4, 0.5) is 5.13 Å². The molecule has 0 radical (unpaired) electrons. The van der Waals surface area contributed by atoms with Crippen LogP contribution in [0.1, 0.15) is 12.5 Å². The van der Waals surface area contributed by atoms with E-state index in [0.717, 1.165) is 21.5 Å². The maximum absolute atomic E-state index is 13.0. The van der Waals surface area contributed by atoms with E-state index in [2.05, 4.69) is 15.1 Å². The zero-order valence-corrected chi connectivity index (χ0v) is 16.2. The minimum Gasteiger partial charge on any atom is -0.494 e. The first-order valence-corrected chi connectivity index (χ1v) is 9.74. The first kappa shape index (κ1) is 18.1. The van der Waals surface area contributed by atoms with Gasteiger partial charge in [0, 0.05) is 0 Å². The normalized spacial score (nSPS) is 10.9. The van der Waals surface area contributed by atoms with Crippen molar-refractivity contribution < 1.29 is 9.53 Å². The topological polar surface area (TPSA) is 73.1 Å². The van der Waals surface area contributed by atoms with Crippen molar-refractivity contribution in [1.82, 2.24) is 19.7 Å². The lowest BCUT2D eigenvalue weighted by Gasteiger charge is -2.20. The minimum atomic E-state index is -0.0987. The van der Waals surface area contributed by atoms with Gasteiger partial charge in [-0.15, -0.1) is 0 Å². The van der Waals surface area contributed by atoms with E-state index in [1.807, 2.05) is 55.5 Å². The van der Waals surface area contributed by atoms with Gasteiger partial charge in [-0.25, -0.2) is 14.6 Å². The summed E-state index contributed by atoms with van der Waals surface area (Å²) < 4.78 is 8.07. The van der Waals surface area contributed by atoms with Gasteiger partial charge in [0.2, 0.25) is 0 Å². The van der Waals surface area contributed by atoms with Gasteiger partial charge in [-0.05, 0) is 30.7 Å². The maximum atomic E-state index is 13.0. The molecule has 0 bridgehead atoms. The lowest BCUT2D eigenvalue weighted by molar-refractivity contribution is -0.119. The van der Waals surface area contributed by atoms with Crippen molar-refractivity contribution in [3.05, 3.63) is 66.7 Å². The van der Waals surface area contributed by atoms with E-state index in [-0.39, 0.29) is 12.5 Å². The van der Waals surface area contributed by atoms with Crippen LogP contribution in [0.3, 0.4) is 0 Å². The molecule has 0 spiro atoms. The lowest BCUT2D eigenvalue weighted by atomic mass is 10.2. The number of carbonyl (C=O) groups is 1. The second-order valence-corrected chi connectivity index (χ2v) is 7.13. The van der Waals surface area contributed by atoms with Gasteiger partial charge in [0.1, 0.15) is 24.9 Å². The molecule has 2 aromatic heterocycles. The summed E-state index contributed by atoms with van der Waals surface area (Å²) in [6.07, 6.45) is 2.95. The van der Waals surface area contributed by atoms with Crippen LogP contribution < -0.4 is 9.64 Å². The highest BCUT2D eigenvalue weighted by Crippen LogP contribution is 2.32. The van der Waals surface area contributed by atoms with E-state index in [0.29, 0.717) is 18.3 Å². The number of thiazole rings is 1. The van der Waals surface area contributed by atoms with Crippen LogP contribution in [0.2, 0.25) is 0 Å². The zero-order valence-electron chi connectivity index (χ0n) is 15.4. The molecule has 0 aliphatic rings. The van der Waals surface area contributed by atoms with Crippen molar-refractivity contribution in [2.75, 3.05) is 11.5 Å². The summed E-state index contributed by atoms with van der Waals surface area (Å²) in [4.78, 5) is 23.3. The molecule has 1 amide bonds. The zero-order chi connectivity index (χ0) is 19.3. The molecule has 0 aliphatic heterocycles. The maximum Gasteiger partial charge on any atom is 0.250 e. The lowest BCUT2D eigenvalue weighted by Crippen LogP contribution is -2.33. The molecule has 0 fully saturated rings. The molecule has 28 heavy (non-hydrogen) atoms. The number of fused-ring (bicyclic) bond motifs is 1. The summed E-state index contributed by atoms with van der Waals surface area (Å²) in [6, 6.07) is 15.6. The number of anilines is 1. The molecule has 0 N–H and O–H groups in total. The van der Waals surface area contributed by atoms with Crippen molar-refractivity contribution in [2.24, 2.45) is 0 Å². The fourth-order valence-electron chi connectivity index (χ4n) is 2.83. The van der Waals surface area contributed by atoms with E-state index in [1.54, 1.807) is 4.90 Å². The summed E-state index contributed by atoms with van der Waals surface area (Å²) in [5, 5.41) is 4.69. The number of benzene rings is 2. The number of aromatic nitrogens is 4. The number of ether oxygens (including phenoxy) is 1. The Balaban J connectivity index is 1.67. The second-order valence-electron chi connectivity index (χ2n) is 6.12. The monoisotopic (exact) mass is 393 g/mol. The van der Waals surface area contributed by atoms with Crippen LogP contribution in [-0.4, -0.2) is 32.3 Å². The van der Waals surface area contributed by atoms with Crippen molar-refractivity contribution in [2.45, 2.75) is 20.0 Å². The average Bonchev–Trinajstić information content (AvgIpc) is 3.36. The summed E-state index contributed by atoms with van der Waals surface area (Å²) in [5.74, 6) is 0.701. The molecule has 2 aromatic carbocycles. The number of amides is 1. The Bertz CT molecular complexity index is 1060. The van der Waals surface area contributed by atoms with E-state index in [4.69, 9.17) is 4.74 Å². The number of nitrogens with zero attached hydrogens (tertiary/aromatic N) is 5. The van der Waals surface area contributed by atoms with Crippen LogP contribution >= 0.6 is 11.3 Å². The van der Waals surface area contributed by atoms with Gasteiger partial charge in [0.05, 0.1) is 23.4 Å². The second kappa shape index (κ2) is 8.18. The van der Waals surface area contributed by atoms with Crippen LogP contribution in [0.5, 0.6) is 5.75 Å². The quantitative estimate of drug-likeness (QED) is 0.480. The van der Waals surface area contributed by atoms with Gasteiger partial charge in [0.15, 0.2) is 5.13 Å². The van der Waals surface area contributed by atoms with Crippen LogP contribution in [0, 0.1) is 0 Å². The van der Waals surface area contributed by atoms with Crippen LogP contribution in [0.25, 0.3) is 10.2 Å². The Hall–Kier alpha value is -3.26. The predicted molar refractivity (Wildman–Crippen MR) is 108 cm³/mol. The summed E-state index contributed by atoms with van der Waals surface area (Å²) >= 11 is 1.47. The molecule has 0 saturated heterocycles. The van der Waals surface area contributed by atoms with Gasteiger partial charge in [-0.1, -0.05) is 41.7 Å². The van der Waals surface area contributed by atoms with E-state index < -0.39 is 0 Å². The van der Waals surface area contributed by atoms with Crippen molar-refractivity contribution >= 4 is 32.6 Å². The Kier molecular flexibility index (Phi) is 5.29. The molecule has 4 aromatic rings. The van der Waals surface area contributed by atoms with Gasteiger partial charge < -0.3 is 4.74 Å². The van der Waals surface area contributed by atoms with E-state index >= 15 is 0 Å². The number of hydrogen-bond donors (Lipinski definition) is 0. The average molecular weight is 393 g/mol. The molecule has 2 heterocycles. The molecule has 0 saturated carbocycles. The third kappa shape index (κ3) is 4.01. The molecule has 0 atom stereocenters. The van der Waals surface area contributed by atoms with E-state index in [1.165, 1.54) is 28.7 Å². The fraction of sp³-hybridized carbons (Fsp3) is 0.200. The van der Waals surface area contributed by atoms with Crippen molar-refractivity contribution in [3.63, 3.8) is 0 Å². The highest BCUT2D eigenvalue weighted by Gasteiger charge is 2.21. The van der Waals surface area contributed by atoms with Gasteiger partial charge in [0.25, 0.3) is 5.91 Å². The largest absolute Gasteiger partial charge is 0.494 e. The summed E-state index contributed by atoms with van der Waals surface area (Å²) in [6.45, 7) is 3.10. The third-order valence-corrected chi connectivity index (χ3v) is 5.18. The number of hydrogen-bond acceptors (Lipinski definition) is 6. The Morgan fingerprint density at radius 1 is 1.21 bits per heavy atom. The number of carbonyl (C=O) groups excluding carboxylic acids is 1. The Labute approximate surface area is 166 Å². The SMILES string of the molecule is CCOc1ccc2nc(N(Cc3ccccc3)C(=O)Cn3cncn3)sc2c1. The smallest absolute Gasteiger partial charge is 0.250 e. The molecule has 7 nitrogen and oxygen atoms in total. The summed E-state index contributed by atoms with van der Waals surface area (Å²) in [5.41, 5.74) is 1.87. The standard InChI is InChI=1S/C20H19N5O2S/c1-2-27-16-8-9-17-18(10-16)28-20(23-17)25(11-15-6-4-3-5-7-15)19(26)12-24-14-21-13-22-24/h3-10,13-14H,2,11-12H2,1H3. The first-order valence-electron chi connectivity index (χ1n) is 8.93. The predicted octanol–water partition coefficient (Wildman–Crippen LogP) is 3.52. The van der Waals surface area contributed by atoms with Crippen molar-refractivity contribution in [3.8, 4) is 5.75 Å². The van der Waals surface area contributed by atoms with Gasteiger partial charge in [-0.2, -0.15) is 5.10 Å². The highest BCUT2D eigenvalue weighted by atomic mass is 32.1. The molecular formula is C20H19N5O2S. The Morgan fingerprint density at radius 3 is 2.82 bits per heavy atom. The third-order valence-electron chi connectivity index (χ3n) is 4.14. The highest BCUT2D eigenvalue weighted by molar-refractivity contribution is 7.22. The number of rotatable bonds is 7. The van der Waals surface area contributed by atoms with Crippen LogP contribution in [0.15, 0.2) is 61.2 Å². The summed E-state index contributed by atoms with van der Waals surface area (Å²) in [7, 11) is 0. The molecule has 142 valence electrons. The molecule has 0 aliphatic carbocycles. The van der Waals surface area contributed by atoms with Gasteiger partial charge >= 0.3 is 0 Å². The molecule has 4 rings (SSSR count).